The highest BCUT2D eigenvalue weighted by Gasteiger charge is 2.55. The number of hydrogen-bond donors (Lipinski definition) is 0. The summed E-state index contributed by atoms with van der Waals surface area (Å²) in [6, 6.07) is 23.9. The van der Waals surface area contributed by atoms with E-state index in [4.69, 9.17) is 10.2 Å². The molecule has 0 fully saturated rings. The SMILES string of the molecule is CCC1=NN(c2ccccc2)[C@@]2(SC(C(C)=O)=NN2c2cccc([N+](=O)[O-])c2)c2ccccc21. The van der Waals surface area contributed by atoms with Gasteiger partial charge >= 0.3 is 0 Å². The van der Waals surface area contributed by atoms with E-state index in [-0.39, 0.29) is 11.5 Å². The molecule has 0 N–H and O–H groups in total. The zero-order chi connectivity index (χ0) is 23.9. The minimum atomic E-state index is -1.09. The molecule has 8 nitrogen and oxygen atoms in total. The number of anilines is 2. The van der Waals surface area contributed by atoms with E-state index in [1.165, 1.54) is 30.8 Å². The quantitative estimate of drug-likeness (QED) is 0.361. The monoisotopic (exact) mass is 471 g/mol. The lowest BCUT2D eigenvalue weighted by molar-refractivity contribution is -0.384. The number of nitro benzene ring substituents is 1. The van der Waals surface area contributed by atoms with Crippen LogP contribution in [0, 0.1) is 10.1 Å². The van der Waals surface area contributed by atoms with Crippen LogP contribution in [0.5, 0.6) is 0 Å². The van der Waals surface area contributed by atoms with Crippen molar-refractivity contribution < 1.29 is 9.72 Å². The molecule has 170 valence electrons. The predicted octanol–water partition coefficient (Wildman–Crippen LogP) is 5.50. The van der Waals surface area contributed by atoms with Gasteiger partial charge in [-0.1, -0.05) is 55.5 Å². The molecule has 2 heterocycles. The van der Waals surface area contributed by atoms with E-state index in [2.05, 4.69) is 0 Å². The van der Waals surface area contributed by atoms with E-state index in [0.717, 1.165) is 22.5 Å². The van der Waals surface area contributed by atoms with Crippen LogP contribution in [0.2, 0.25) is 0 Å². The van der Waals surface area contributed by atoms with Crippen LogP contribution in [-0.2, 0) is 9.79 Å². The second-order valence-corrected chi connectivity index (χ2v) is 9.01. The van der Waals surface area contributed by atoms with Gasteiger partial charge in [0.2, 0.25) is 4.99 Å². The number of benzene rings is 3. The first-order valence-electron chi connectivity index (χ1n) is 10.8. The van der Waals surface area contributed by atoms with Gasteiger partial charge in [-0.2, -0.15) is 10.2 Å². The molecule has 3 aromatic rings. The predicted molar refractivity (Wildman–Crippen MR) is 135 cm³/mol. The van der Waals surface area contributed by atoms with Gasteiger partial charge in [-0.3, -0.25) is 14.9 Å². The molecule has 1 atom stereocenters. The van der Waals surface area contributed by atoms with Crippen LogP contribution in [0.3, 0.4) is 0 Å². The molecule has 3 aromatic carbocycles. The number of ketones is 1. The van der Waals surface area contributed by atoms with Crippen molar-refractivity contribution in [1.29, 1.82) is 0 Å². The van der Waals surface area contributed by atoms with Crippen LogP contribution in [0.25, 0.3) is 0 Å². The third-order valence-corrected chi connectivity index (χ3v) is 7.15. The Kier molecular flexibility index (Phi) is 5.41. The number of thioether (sulfide) groups is 1. The summed E-state index contributed by atoms with van der Waals surface area (Å²) in [5.41, 5.74) is 4.01. The highest BCUT2D eigenvalue weighted by molar-refractivity contribution is 8.17. The molecule has 0 bridgehead atoms. The fourth-order valence-electron chi connectivity index (χ4n) is 4.21. The minimum absolute atomic E-state index is 0.0581. The number of non-ortho nitro benzene ring substituents is 1. The number of carbonyl (C=O) groups is 1. The molecular formula is C25H21N5O3S. The van der Waals surface area contributed by atoms with E-state index in [0.29, 0.717) is 17.2 Å². The Balaban J connectivity index is 1.82. The first-order chi connectivity index (χ1) is 16.5. The average Bonchev–Trinajstić information content (AvgIpc) is 3.26. The number of Topliss-reactive ketones (excluding diaryl/α,β-unsaturated/α-hetero) is 1. The number of carbonyl (C=O) groups excluding carboxylic acids is 1. The number of fused-ring (bicyclic) bond motifs is 2. The second kappa shape index (κ2) is 8.42. The molecule has 0 radical (unpaired) electrons. The Bertz CT molecular complexity index is 1360. The third kappa shape index (κ3) is 3.36. The van der Waals surface area contributed by atoms with E-state index in [1.807, 2.05) is 66.5 Å². The van der Waals surface area contributed by atoms with Crippen LogP contribution in [0.1, 0.15) is 31.4 Å². The lowest BCUT2D eigenvalue weighted by Crippen LogP contribution is -2.53. The van der Waals surface area contributed by atoms with Crippen molar-refractivity contribution in [2.75, 3.05) is 10.0 Å². The van der Waals surface area contributed by atoms with Crippen molar-refractivity contribution in [3.63, 3.8) is 0 Å². The van der Waals surface area contributed by atoms with Crippen molar-refractivity contribution in [1.82, 2.24) is 0 Å². The molecule has 0 amide bonds. The molecule has 0 unspecified atom stereocenters. The van der Waals surface area contributed by atoms with Crippen molar-refractivity contribution in [3.05, 3.63) is 100 Å². The van der Waals surface area contributed by atoms with Crippen molar-refractivity contribution in [3.8, 4) is 0 Å². The van der Waals surface area contributed by atoms with Crippen molar-refractivity contribution in [2.24, 2.45) is 10.2 Å². The molecule has 1 spiro atoms. The summed E-state index contributed by atoms with van der Waals surface area (Å²) >= 11 is 1.29. The van der Waals surface area contributed by atoms with Crippen LogP contribution in [0.15, 0.2) is 89.1 Å². The summed E-state index contributed by atoms with van der Waals surface area (Å²) in [4.78, 5) is 22.6. The molecule has 0 saturated carbocycles. The van der Waals surface area contributed by atoms with E-state index in [1.54, 1.807) is 17.1 Å². The highest BCUT2D eigenvalue weighted by atomic mass is 32.2. The number of hydrogen-bond acceptors (Lipinski definition) is 8. The van der Waals surface area contributed by atoms with Crippen molar-refractivity contribution in [2.45, 2.75) is 25.3 Å². The molecule has 0 saturated heterocycles. The van der Waals surface area contributed by atoms with Gasteiger partial charge in [0.1, 0.15) is 0 Å². The van der Waals surface area contributed by atoms with Gasteiger partial charge in [0, 0.05) is 30.2 Å². The second-order valence-electron chi connectivity index (χ2n) is 7.85. The normalized spacial score (nSPS) is 19.0. The van der Waals surface area contributed by atoms with Gasteiger partial charge in [0.15, 0.2) is 10.8 Å². The number of nitrogens with zero attached hydrogens (tertiary/aromatic N) is 5. The van der Waals surface area contributed by atoms with Crippen LogP contribution in [0.4, 0.5) is 17.1 Å². The highest BCUT2D eigenvalue weighted by Crippen LogP contribution is 2.55. The molecule has 0 aromatic heterocycles. The molecule has 0 aliphatic carbocycles. The van der Waals surface area contributed by atoms with Crippen LogP contribution >= 0.6 is 11.8 Å². The van der Waals surface area contributed by atoms with Gasteiger partial charge in [-0.25, -0.2) is 10.0 Å². The van der Waals surface area contributed by atoms with Gasteiger partial charge < -0.3 is 0 Å². The zero-order valence-corrected chi connectivity index (χ0v) is 19.4. The summed E-state index contributed by atoms with van der Waals surface area (Å²) < 4.78 is 0. The Hall–Kier alpha value is -3.98. The largest absolute Gasteiger partial charge is 0.292 e. The van der Waals surface area contributed by atoms with E-state index >= 15 is 0 Å². The molecule has 9 heteroatoms. The minimum Gasteiger partial charge on any atom is -0.292 e. The average molecular weight is 472 g/mol. The molecule has 5 rings (SSSR count). The fraction of sp³-hybridized carbons (Fsp3) is 0.160. The third-order valence-electron chi connectivity index (χ3n) is 5.74. The smallest absolute Gasteiger partial charge is 0.271 e. The summed E-state index contributed by atoms with van der Waals surface area (Å²) in [6.07, 6.45) is 0.707. The summed E-state index contributed by atoms with van der Waals surface area (Å²) in [5, 5.41) is 25.1. The molecule has 34 heavy (non-hydrogen) atoms. The molecule has 2 aliphatic rings. The Morgan fingerprint density at radius 1 is 0.971 bits per heavy atom. The Labute approximate surface area is 200 Å². The zero-order valence-electron chi connectivity index (χ0n) is 18.6. The maximum absolute atomic E-state index is 12.6. The van der Waals surface area contributed by atoms with E-state index < -0.39 is 9.92 Å². The maximum Gasteiger partial charge on any atom is 0.271 e. The summed E-state index contributed by atoms with van der Waals surface area (Å²) in [7, 11) is 0. The standard InChI is InChI=1S/C25H21N5O3S/c1-3-23-21-14-7-8-15-22(21)25(28(26-23)18-10-5-4-6-11-18)29(27-24(34-25)17(2)31)19-12-9-13-20(16-19)30(32)33/h4-16H,3H2,1-2H3/t25-/m0/s1. The summed E-state index contributed by atoms with van der Waals surface area (Å²) in [5.74, 6) is -0.187. The number of rotatable bonds is 5. The molecular weight excluding hydrogens is 450 g/mol. The van der Waals surface area contributed by atoms with Crippen LogP contribution < -0.4 is 10.0 Å². The lowest BCUT2D eigenvalue weighted by atomic mass is 9.96. The van der Waals surface area contributed by atoms with Gasteiger partial charge in [-0.15, -0.1) is 0 Å². The maximum atomic E-state index is 12.6. The van der Waals surface area contributed by atoms with Gasteiger partial charge in [0.25, 0.3) is 5.69 Å². The number of hydrazone groups is 2. The van der Waals surface area contributed by atoms with E-state index in [9.17, 15) is 14.9 Å². The topological polar surface area (TPSA) is 91.4 Å². The van der Waals surface area contributed by atoms with Crippen LogP contribution in [-0.4, -0.2) is 21.5 Å². The molecule has 2 aliphatic heterocycles. The van der Waals surface area contributed by atoms with Crippen molar-refractivity contribution >= 4 is 45.4 Å². The number of nitro groups is 1. The fourth-order valence-corrected chi connectivity index (χ4v) is 5.50. The van der Waals surface area contributed by atoms with Gasteiger partial charge in [0.05, 0.1) is 22.0 Å². The Morgan fingerprint density at radius 2 is 1.65 bits per heavy atom. The lowest BCUT2D eigenvalue weighted by Gasteiger charge is -2.47. The Morgan fingerprint density at radius 3 is 2.35 bits per heavy atom. The first kappa shape index (κ1) is 21.8. The number of para-hydroxylation sites is 1. The van der Waals surface area contributed by atoms with Gasteiger partial charge in [-0.05, 0) is 36.4 Å². The summed E-state index contributed by atoms with van der Waals surface area (Å²) in [6.45, 7) is 3.52. The first-order valence-corrected chi connectivity index (χ1v) is 11.6.